The van der Waals surface area contributed by atoms with Crippen LogP contribution >= 0.6 is 11.8 Å². The van der Waals surface area contributed by atoms with Crippen molar-refractivity contribution < 1.29 is 19.4 Å². The topological polar surface area (TPSA) is 78.9 Å². The monoisotopic (exact) mass is 388 g/mol. The molecule has 152 valence electrons. The van der Waals surface area contributed by atoms with Crippen LogP contribution in [0, 0.1) is 11.3 Å². The van der Waals surface area contributed by atoms with E-state index in [1.54, 1.807) is 16.7 Å². The molecular weight excluding hydrogens is 352 g/mol. The standard InChI is InChI=1S/C19H36N2O4S/c1-13(15(12-22)26-7)20-16(23)19(5,6)14-9-8-10-21(11-14)17(24)25-18(2,3)4/h13-15,22H,8-12H2,1-7H3,(H,20,23)/t13-,14+,15+/m0/s1. The quantitative estimate of drug-likeness (QED) is 0.731. The van der Waals surface area contributed by atoms with Gasteiger partial charge in [0.1, 0.15) is 5.60 Å². The minimum Gasteiger partial charge on any atom is -0.444 e. The second kappa shape index (κ2) is 9.31. The van der Waals surface area contributed by atoms with Crippen molar-refractivity contribution in [3.05, 3.63) is 0 Å². The Labute approximate surface area is 162 Å². The highest BCUT2D eigenvalue weighted by molar-refractivity contribution is 7.99. The van der Waals surface area contributed by atoms with Gasteiger partial charge in [-0.2, -0.15) is 11.8 Å². The van der Waals surface area contributed by atoms with Gasteiger partial charge in [-0.25, -0.2) is 4.79 Å². The summed E-state index contributed by atoms with van der Waals surface area (Å²) in [5.41, 5.74) is -1.13. The maximum atomic E-state index is 12.9. The molecule has 1 fully saturated rings. The normalized spacial score (nSPS) is 21.1. The van der Waals surface area contributed by atoms with Crippen molar-refractivity contribution in [1.82, 2.24) is 10.2 Å². The van der Waals surface area contributed by atoms with E-state index in [4.69, 9.17) is 4.74 Å². The number of likely N-dealkylation sites (tertiary alicyclic amines) is 1. The van der Waals surface area contributed by atoms with E-state index in [1.807, 2.05) is 47.8 Å². The second-order valence-electron chi connectivity index (χ2n) is 8.71. The second-order valence-corrected chi connectivity index (χ2v) is 9.78. The first-order chi connectivity index (χ1) is 11.9. The van der Waals surface area contributed by atoms with Crippen molar-refractivity contribution >= 4 is 23.8 Å². The minimum atomic E-state index is -0.604. The number of thioether (sulfide) groups is 1. The highest BCUT2D eigenvalue weighted by Crippen LogP contribution is 2.35. The van der Waals surface area contributed by atoms with Gasteiger partial charge in [-0.15, -0.1) is 0 Å². The van der Waals surface area contributed by atoms with Crippen LogP contribution in [0.2, 0.25) is 0 Å². The van der Waals surface area contributed by atoms with Crippen LogP contribution in [0.15, 0.2) is 0 Å². The van der Waals surface area contributed by atoms with Crippen LogP contribution in [0.1, 0.15) is 54.4 Å². The lowest BCUT2D eigenvalue weighted by Gasteiger charge is -2.41. The Bertz CT molecular complexity index is 486. The highest BCUT2D eigenvalue weighted by atomic mass is 32.2. The molecule has 1 aliphatic rings. The van der Waals surface area contributed by atoms with E-state index in [0.29, 0.717) is 13.1 Å². The number of hydrogen-bond donors (Lipinski definition) is 2. The summed E-state index contributed by atoms with van der Waals surface area (Å²) in [4.78, 5) is 27.0. The van der Waals surface area contributed by atoms with Crippen LogP contribution < -0.4 is 5.32 Å². The van der Waals surface area contributed by atoms with E-state index in [2.05, 4.69) is 5.32 Å². The Morgan fingerprint density at radius 2 is 1.92 bits per heavy atom. The molecule has 0 aliphatic carbocycles. The summed E-state index contributed by atoms with van der Waals surface area (Å²) in [7, 11) is 0. The fourth-order valence-electron chi connectivity index (χ4n) is 3.17. The smallest absolute Gasteiger partial charge is 0.410 e. The molecule has 3 atom stereocenters. The van der Waals surface area contributed by atoms with E-state index in [0.717, 1.165) is 12.8 Å². The molecule has 0 unspecified atom stereocenters. The first kappa shape index (κ1) is 23.1. The molecule has 6 nitrogen and oxygen atoms in total. The molecular formula is C19H36N2O4S. The average Bonchev–Trinajstić information content (AvgIpc) is 2.54. The molecule has 0 aromatic rings. The molecule has 0 saturated carbocycles. The minimum absolute atomic E-state index is 0.0267. The van der Waals surface area contributed by atoms with E-state index in [1.165, 1.54) is 0 Å². The molecule has 1 rings (SSSR count). The Morgan fingerprint density at radius 3 is 2.42 bits per heavy atom. The molecule has 0 aromatic carbocycles. The lowest BCUT2D eigenvalue weighted by Crippen LogP contribution is -2.53. The van der Waals surface area contributed by atoms with Crippen molar-refractivity contribution in [3.8, 4) is 0 Å². The first-order valence-corrected chi connectivity index (χ1v) is 10.6. The van der Waals surface area contributed by atoms with Crippen molar-refractivity contribution in [2.24, 2.45) is 11.3 Å². The van der Waals surface area contributed by atoms with Gasteiger partial charge in [0, 0.05) is 29.8 Å². The predicted molar refractivity (Wildman–Crippen MR) is 106 cm³/mol. The third-order valence-electron chi connectivity index (χ3n) is 5.08. The molecule has 0 spiro atoms. The molecule has 1 saturated heterocycles. The Morgan fingerprint density at radius 1 is 1.31 bits per heavy atom. The molecule has 2 amide bonds. The summed E-state index contributed by atoms with van der Waals surface area (Å²) in [6.45, 7) is 12.6. The molecule has 0 bridgehead atoms. The van der Waals surface area contributed by atoms with E-state index in [-0.39, 0.29) is 35.8 Å². The third-order valence-corrected chi connectivity index (χ3v) is 6.24. The van der Waals surface area contributed by atoms with Gasteiger partial charge in [0.05, 0.1) is 6.61 Å². The van der Waals surface area contributed by atoms with E-state index in [9.17, 15) is 14.7 Å². The molecule has 26 heavy (non-hydrogen) atoms. The van der Waals surface area contributed by atoms with Gasteiger partial charge in [0.2, 0.25) is 5.91 Å². The number of nitrogens with one attached hydrogen (secondary N) is 1. The maximum Gasteiger partial charge on any atom is 0.410 e. The Balaban J connectivity index is 2.75. The summed E-state index contributed by atoms with van der Waals surface area (Å²) in [6, 6.07) is -0.118. The zero-order chi connectivity index (χ0) is 20.1. The largest absolute Gasteiger partial charge is 0.444 e. The lowest BCUT2D eigenvalue weighted by atomic mass is 9.73. The predicted octanol–water partition coefficient (Wildman–Crippen LogP) is 2.89. The number of aliphatic hydroxyl groups excluding tert-OH is 1. The number of ether oxygens (including phenoxy) is 1. The van der Waals surface area contributed by atoms with Crippen LogP contribution in [-0.4, -0.2) is 64.9 Å². The van der Waals surface area contributed by atoms with Gasteiger partial charge in [0.25, 0.3) is 0 Å². The zero-order valence-corrected chi connectivity index (χ0v) is 18.1. The van der Waals surface area contributed by atoms with Gasteiger partial charge < -0.3 is 20.1 Å². The molecule has 0 radical (unpaired) electrons. The highest BCUT2D eigenvalue weighted by Gasteiger charge is 2.41. The van der Waals surface area contributed by atoms with Gasteiger partial charge >= 0.3 is 6.09 Å². The average molecular weight is 389 g/mol. The molecule has 0 aromatic heterocycles. The van der Waals surface area contributed by atoms with Crippen LogP contribution in [0.4, 0.5) is 4.79 Å². The number of carbonyl (C=O) groups is 2. The Hall–Kier alpha value is -0.950. The van der Waals surface area contributed by atoms with Gasteiger partial charge in [-0.3, -0.25) is 4.79 Å². The summed E-state index contributed by atoms with van der Waals surface area (Å²) >= 11 is 1.54. The van der Waals surface area contributed by atoms with Crippen molar-refractivity contribution in [2.45, 2.75) is 71.3 Å². The molecule has 2 N–H and O–H groups in total. The number of rotatable bonds is 6. The zero-order valence-electron chi connectivity index (χ0n) is 17.3. The van der Waals surface area contributed by atoms with Gasteiger partial charge in [0.15, 0.2) is 0 Å². The summed E-state index contributed by atoms with van der Waals surface area (Å²) in [6.07, 6.45) is 3.38. The van der Waals surface area contributed by atoms with Crippen molar-refractivity contribution in [2.75, 3.05) is 26.0 Å². The Kier molecular flexibility index (Phi) is 8.27. The lowest BCUT2D eigenvalue weighted by molar-refractivity contribution is -0.134. The van der Waals surface area contributed by atoms with E-state index < -0.39 is 11.0 Å². The van der Waals surface area contributed by atoms with Crippen LogP contribution in [0.5, 0.6) is 0 Å². The first-order valence-electron chi connectivity index (χ1n) is 9.35. The summed E-state index contributed by atoms with van der Waals surface area (Å²) in [5, 5.41) is 12.4. The van der Waals surface area contributed by atoms with Crippen LogP contribution in [0.25, 0.3) is 0 Å². The molecule has 7 heteroatoms. The number of amides is 2. The number of nitrogens with zero attached hydrogens (tertiary/aromatic N) is 1. The van der Waals surface area contributed by atoms with Gasteiger partial charge in [-0.1, -0.05) is 13.8 Å². The number of carbonyl (C=O) groups excluding carboxylic acids is 2. The summed E-state index contributed by atoms with van der Waals surface area (Å²) < 4.78 is 5.48. The van der Waals surface area contributed by atoms with Crippen LogP contribution in [-0.2, 0) is 9.53 Å². The maximum absolute atomic E-state index is 12.9. The third kappa shape index (κ3) is 6.34. The van der Waals surface area contributed by atoms with Crippen molar-refractivity contribution in [1.29, 1.82) is 0 Å². The number of piperidine rings is 1. The summed E-state index contributed by atoms with van der Waals surface area (Å²) in [5.74, 6) is 0.0337. The number of hydrogen-bond acceptors (Lipinski definition) is 5. The van der Waals surface area contributed by atoms with Crippen LogP contribution in [0.3, 0.4) is 0 Å². The SMILES string of the molecule is CS[C@H](CO)[C@H](C)NC(=O)C(C)(C)[C@@H]1CCCN(C(=O)OC(C)(C)C)C1. The fraction of sp³-hybridized carbons (Fsp3) is 0.895. The molecule has 1 aliphatic heterocycles. The van der Waals surface area contributed by atoms with Crippen molar-refractivity contribution in [3.63, 3.8) is 0 Å². The van der Waals surface area contributed by atoms with E-state index >= 15 is 0 Å². The fourth-order valence-corrected chi connectivity index (χ4v) is 3.79. The van der Waals surface area contributed by atoms with Gasteiger partial charge in [-0.05, 0) is 52.7 Å². The molecule has 1 heterocycles. The number of aliphatic hydroxyl groups is 1.